The first kappa shape index (κ1) is 18.3. The van der Waals surface area contributed by atoms with Crippen molar-refractivity contribution >= 4 is 9.84 Å². The molecule has 0 aromatic heterocycles. The van der Waals surface area contributed by atoms with Gasteiger partial charge in [-0.25, -0.2) is 8.42 Å². The molecule has 0 fully saturated rings. The van der Waals surface area contributed by atoms with Crippen LogP contribution in [0.15, 0.2) is 34.3 Å². The van der Waals surface area contributed by atoms with Crippen molar-refractivity contribution in [2.45, 2.75) is 23.5 Å². The van der Waals surface area contributed by atoms with E-state index in [4.69, 9.17) is 10.3 Å². The number of benzene rings is 1. The van der Waals surface area contributed by atoms with Crippen molar-refractivity contribution in [1.82, 2.24) is 0 Å². The van der Waals surface area contributed by atoms with Crippen LogP contribution < -0.4 is 0 Å². The Morgan fingerprint density at radius 1 is 1.32 bits per heavy atom. The number of azide groups is 1. The smallest absolute Gasteiger partial charge is 0.178 e. The lowest BCUT2D eigenvalue weighted by Crippen LogP contribution is -2.20. The average Bonchev–Trinajstić information content (AvgIpc) is 2.53. The molecule has 2 atom stereocenters. The fourth-order valence-corrected chi connectivity index (χ4v) is 3.26. The molecule has 0 N–H and O–H groups in total. The van der Waals surface area contributed by atoms with Crippen LogP contribution in [-0.4, -0.2) is 40.7 Å². The molecule has 0 aliphatic carbocycles. The van der Waals surface area contributed by atoms with Gasteiger partial charge in [-0.05, 0) is 29.6 Å². The highest BCUT2D eigenvalue weighted by molar-refractivity contribution is 7.91. The first-order chi connectivity index (χ1) is 10.5. The van der Waals surface area contributed by atoms with Gasteiger partial charge in [0, 0.05) is 12.0 Å². The number of hydrogen-bond donors (Lipinski definition) is 0. The average molecular weight is 333 g/mol. The maximum atomic E-state index is 12.9. The number of alkyl halides is 2. The molecule has 1 rings (SSSR count). The monoisotopic (exact) mass is 333 g/mol. The van der Waals surface area contributed by atoms with Crippen molar-refractivity contribution in [1.29, 1.82) is 0 Å². The molecule has 0 aliphatic rings. The first-order valence-electron chi connectivity index (χ1n) is 6.51. The van der Waals surface area contributed by atoms with Crippen molar-refractivity contribution in [3.05, 3.63) is 40.3 Å². The summed E-state index contributed by atoms with van der Waals surface area (Å²) in [7, 11) is -2.21. The van der Waals surface area contributed by atoms with E-state index < -0.39 is 35.3 Å². The number of halogens is 2. The van der Waals surface area contributed by atoms with Crippen LogP contribution in [0.3, 0.4) is 0 Å². The molecule has 1 aromatic carbocycles. The highest BCUT2D eigenvalue weighted by Gasteiger charge is 2.23. The summed E-state index contributed by atoms with van der Waals surface area (Å²) in [5.74, 6) is -0.275. The van der Waals surface area contributed by atoms with Crippen LogP contribution in [0.5, 0.6) is 0 Å². The van der Waals surface area contributed by atoms with Gasteiger partial charge in [0.2, 0.25) is 0 Å². The molecule has 6 nitrogen and oxygen atoms in total. The largest absolute Gasteiger partial charge is 0.376 e. The van der Waals surface area contributed by atoms with E-state index in [0.717, 1.165) is 0 Å². The first-order valence-corrected chi connectivity index (χ1v) is 8.17. The van der Waals surface area contributed by atoms with Crippen LogP contribution >= 0.6 is 0 Å². The Balaban J connectivity index is 3.02. The number of sulfone groups is 1. The summed E-state index contributed by atoms with van der Waals surface area (Å²) in [6.45, 7) is -1.60. The summed E-state index contributed by atoms with van der Waals surface area (Å²) in [6, 6.07) is 4.59. The predicted octanol–water partition coefficient (Wildman–Crippen LogP) is 3.16. The van der Waals surface area contributed by atoms with Gasteiger partial charge >= 0.3 is 0 Å². The summed E-state index contributed by atoms with van der Waals surface area (Å²) in [6.07, 6.45) is -0.880. The number of ether oxygens (including phenoxy) is 1. The van der Waals surface area contributed by atoms with Gasteiger partial charge in [0.1, 0.15) is 6.67 Å². The molecule has 9 heteroatoms. The number of rotatable bonds is 9. The van der Waals surface area contributed by atoms with Crippen molar-refractivity contribution in [2.24, 2.45) is 5.11 Å². The summed E-state index contributed by atoms with van der Waals surface area (Å²) >= 11 is 0. The van der Waals surface area contributed by atoms with E-state index in [1.54, 1.807) is 0 Å². The minimum absolute atomic E-state index is 0.0557. The van der Waals surface area contributed by atoms with E-state index >= 15 is 0 Å². The van der Waals surface area contributed by atoms with Crippen molar-refractivity contribution in [2.75, 3.05) is 26.2 Å². The van der Waals surface area contributed by atoms with Gasteiger partial charge in [0.25, 0.3) is 0 Å². The Morgan fingerprint density at radius 3 is 2.41 bits per heavy atom. The Hall–Kier alpha value is -1.70. The number of hydrogen-bond acceptors (Lipinski definition) is 4. The lowest BCUT2D eigenvalue weighted by atomic mass is 10.0. The molecule has 22 heavy (non-hydrogen) atoms. The molecule has 0 radical (unpaired) electrons. The highest BCUT2D eigenvalue weighted by atomic mass is 32.2. The van der Waals surface area contributed by atoms with Crippen LogP contribution in [0.2, 0.25) is 0 Å². The third kappa shape index (κ3) is 4.66. The third-order valence-corrected chi connectivity index (χ3v) is 4.89. The molecule has 0 saturated carbocycles. The lowest BCUT2D eigenvalue weighted by Gasteiger charge is -2.20. The molecule has 1 aromatic rings. The summed E-state index contributed by atoms with van der Waals surface area (Å²) < 4.78 is 53.9. The minimum atomic E-state index is -3.54. The van der Waals surface area contributed by atoms with Gasteiger partial charge in [-0.2, -0.15) is 0 Å². The van der Waals surface area contributed by atoms with E-state index in [2.05, 4.69) is 10.0 Å². The molecule has 0 aliphatic heterocycles. The number of methoxy groups -OCH3 is 1. The minimum Gasteiger partial charge on any atom is -0.376 e. The quantitative estimate of drug-likeness (QED) is 0.395. The molecule has 0 heterocycles. The van der Waals surface area contributed by atoms with Gasteiger partial charge in [-0.1, -0.05) is 17.2 Å². The highest BCUT2D eigenvalue weighted by Crippen LogP contribution is 2.25. The van der Waals surface area contributed by atoms with Crippen LogP contribution in [0, 0.1) is 0 Å². The zero-order valence-corrected chi connectivity index (χ0v) is 12.8. The van der Waals surface area contributed by atoms with Gasteiger partial charge in [0.15, 0.2) is 9.84 Å². The van der Waals surface area contributed by atoms with Crippen LogP contribution in [0.4, 0.5) is 8.78 Å². The van der Waals surface area contributed by atoms with E-state index in [-0.39, 0.29) is 17.1 Å². The summed E-state index contributed by atoms with van der Waals surface area (Å²) in [5.41, 5.74) is 8.91. The second-order valence-corrected chi connectivity index (χ2v) is 6.62. The van der Waals surface area contributed by atoms with Crippen LogP contribution in [0.1, 0.15) is 18.1 Å². The van der Waals surface area contributed by atoms with Crippen LogP contribution in [0.25, 0.3) is 10.4 Å². The van der Waals surface area contributed by atoms with Crippen molar-refractivity contribution in [3.63, 3.8) is 0 Å². The molecule has 0 saturated heterocycles. The molecule has 122 valence electrons. The maximum Gasteiger partial charge on any atom is 0.178 e. The van der Waals surface area contributed by atoms with Crippen LogP contribution in [-0.2, 0) is 14.6 Å². The molecule has 0 spiro atoms. The molecular weight excluding hydrogens is 316 g/mol. The fraction of sp³-hybridized carbons (Fsp3) is 0.538. The van der Waals surface area contributed by atoms with Gasteiger partial charge < -0.3 is 4.74 Å². The fourth-order valence-electron chi connectivity index (χ4n) is 1.98. The van der Waals surface area contributed by atoms with Crippen molar-refractivity contribution < 1.29 is 21.9 Å². The zero-order valence-electron chi connectivity index (χ0n) is 12.0. The zero-order chi connectivity index (χ0) is 16.6. The van der Waals surface area contributed by atoms with Gasteiger partial charge in [-0.3, -0.25) is 8.78 Å². The topological polar surface area (TPSA) is 92.1 Å². The Labute approximate surface area is 127 Å². The molecular formula is C13H17F2N3O3S. The third-order valence-electron chi connectivity index (χ3n) is 3.08. The predicted molar refractivity (Wildman–Crippen MR) is 77.7 cm³/mol. The van der Waals surface area contributed by atoms with E-state index in [1.165, 1.54) is 31.4 Å². The standard InChI is InChI=1S/C13H17F2N3O3S/c1-21-13(12(9-15)17-18-16)10-3-5-11(6-4-10)22(19,20)8-2-7-14/h3-6,12-13H,2,7-9H2,1H3/t12?,13-/m1/s1. The Morgan fingerprint density at radius 2 is 1.95 bits per heavy atom. The van der Waals surface area contributed by atoms with E-state index in [0.29, 0.717) is 5.56 Å². The second-order valence-electron chi connectivity index (χ2n) is 4.51. The second kappa shape index (κ2) is 8.67. The molecule has 1 unspecified atom stereocenters. The Bertz CT molecular complexity index is 616. The molecule has 0 amide bonds. The number of nitrogens with zero attached hydrogens (tertiary/aromatic N) is 3. The van der Waals surface area contributed by atoms with Gasteiger partial charge in [0.05, 0.1) is 29.5 Å². The summed E-state index contributed by atoms with van der Waals surface area (Å²) in [4.78, 5) is 2.62. The SMILES string of the molecule is CO[C@H](c1ccc(S(=O)(=O)CCCF)cc1)C(CF)N=[N+]=[N-]. The lowest BCUT2D eigenvalue weighted by molar-refractivity contribution is 0.0721. The van der Waals surface area contributed by atoms with E-state index in [9.17, 15) is 17.2 Å². The summed E-state index contributed by atoms with van der Waals surface area (Å²) in [5, 5.41) is 3.32. The maximum absolute atomic E-state index is 12.9. The normalized spacial score (nSPS) is 14.1. The molecule has 0 bridgehead atoms. The van der Waals surface area contributed by atoms with E-state index in [1.807, 2.05) is 0 Å². The van der Waals surface area contributed by atoms with Crippen molar-refractivity contribution in [3.8, 4) is 0 Å². The Kier molecular flexibility index (Phi) is 7.23. The van der Waals surface area contributed by atoms with Gasteiger partial charge in [-0.15, -0.1) is 0 Å².